The molecule has 0 aromatic carbocycles. The topological polar surface area (TPSA) is 67.9 Å². The van der Waals surface area contributed by atoms with Crippen LogP contribution in [-0.2, 0) is 17.0 Å². The standard InChI is InChI=1S/C12H10ClF4N3O2S2/c1-5(14)4-22-10-8(9(19-20-10)12(15,16)17)6(2)24(21)11-18-3-7(13)23-11/h3,6H,1,4H2,2H3,(H,19,20). The second-order valence-electron chi connectivity index (χ2n) is 4.49. The van der Waals surface area contributed by atoms with Crippen molar-refractivity contribution in [1.82, 2.24) is 15.2 Å². The Morgan fingerprint density at radius 1 is 1.58 bits per heavy atom. The maximum absolute atomic E-state index is 13.1. The Balaban J connectivity index is 2.42. The fourth-order valence-corrected chi connectivity index (χ4v) is 4.48. The predicted molar refractivity (Wildman–Crippen MR) is 81.3 cm³/mol. The average molecular weight is 404 g/mol. The van der Waals surface area contributed by atoms with Gasteiger partial charge in [0, 0.05) is 0 Å². The minimum Gasteiger partial charge on any atom is -0.469 e. The van der Waals surface area contributed by atoms with Gasteiger partial charge in [0.15, 0.2) is 4.34 Å². The summed E-state index contributed by atoms with van der Waals surface area (Å²) >= 11 is 6.59. The molecule has 2 atom stereocenters. The van der Waals surface area contributed by atoms with Gasteiger partial charge in [0.2, 0.25) is 5.88 Å². The van der Waals surface area contributed by atoms with Gasteiger partial charge in [-0.05, 0) is 6.92 Å². The lowest BCUT2D eigenvalue weighted by Crippen LogP contribution is -2.14. The molecule has 5 nitrogen and oxygen atoms in total. The maximum atomic E-state index is 13.1. The van der Waals surface area contributed by atoms with E-state index in [2.05, 4.69) is 16.7 Å². The van der Waals surface area contributed by atoms with Crippen LogP contribution in [0.1, 0.15) is 23.4 Å². The van der Waals surface area contributed by atoms with Gasteiger partial charge in [-0.1, -0.05) is 29.5 Å². The number of hydrogen-bond acceptors (Lipinski definition) is 5. The number of ether oxygens (including phenoxy) is 1. The maximum Gasteiger partial charge on any atom is 0.433 e. The normalized spacial score (nSPS) is 14.4. The van der Waals surface area contributed by atoms with Gasteiger partial charge in [-0.3, -0.25) is 9.31 Å². The van der Waals surface area contributed by atoms with Crippen LogP contribution in [0, 0.1) is 0 Å². The first-order valence-corrected chi connectivity index (χ1v) is 8.65. The van der Waals surface area contributed by atoms with Crippen molar-refractivity contribution in [3.63, 3.8) is 0 Å². The van der Waals surface area contributed by atoms with Crippen LogP contribution in [0.25, 0.3) is 0 Å². The van der Waals surface area contributed by atoms with Gasteiger partial charge >= 0.3 is 6.18 Å². The van der Waals surface area contributed by atoms with Crippen LogP contribution in [0.3, 0.4) is 0 Å². The minimum atomic E-state index is -4.78. The van der Waals surface area contributed by atoms with Crippen LogP contribution in [0.2, 0.25) is 4.34 Å². The lowest BCUT2D eigenvalue weighted by atomic mass is 10.2. The zero-order chi connectivity index (χ0) is 18.1. The van der Waals surface area contributed by atoms with Crippen LogP contribution < -0.4 is 4.74 Å². The van der Waals surface area contributed by atoms with E-state index in [1.165, 1.54) is 13.1 Å². The molecule has 0 bridgehead atoms. The number of nitrogens with zero attached hydrogens (tertiary/aromatic N) is 2. The van der Waals surface area contributed by atoms with Crippen LogP contribution in [0.15, 0.2) is 22.9 Å². The summed E-state index contributed by atoms with van der Waals surface area (Å²) in [5.41, 5.74) is -1.70. The highest BCUT2D eigenvalue weighted by atomic mass is 35.5. The van der Waals surface area contributed by atoms with Crippen molar-refractivity contribution in [3.05, 3.63) is 34.2 Å². The number of alkyl halides is 3. The summed E-state index contributed by atoms with van der Waals surface area (Å²) < 4.78 is 69.8. The Morgan fingerprint density at radius 2 is 2.25 bits per heavy atom. The van der Waals surface area contributed by atoms with E-state index in [4.69, 9.17) is 16.3 Å². The molecule has 0 saturated heterocycles. The smallest absolute Gasteiger partial charge is 0.433 e. The SMILES string of the molecule is C=C(F)COc1n[nH]c(C(F)(F)F)c1C(C)S(=O)c1ncc(Cl)s1. The highest BCUT2D eigenvalue weighted by Crippen LogP contribution is 2.41. The lowest BCUT2D eigenvalue weighted by Gasteiger charge is -2.14. The van der Waals surface area contributed by atoms with Crippen LogP contribution in [-0.4, -0.2) is 26.0 Å². The van der Waals surface area contributed by atoms with E-state index < -0.39 is 51.8 Å². The second-order valence-corrected chi connectivity index (χ2v) is 8.10. The quantitative estimate of drug-likeness (QED) is 0.731. The van der Waals surface area contributed by atoms with Gasteiger partial charge < -0.3 is 4.74 Å². The highest BCUT2D eigenvalue weighted by Gasteiger charge is 2.41. The number of halogens is 5. The molecular formula is C12H10ClF4N3O2S2. The number of hydrogen-bond donors (Lipinski definition) is 1. The second kappa shape index (κ2) is 7.19. The van der Waals surface area contributed by atoms with Crippen LogP contribution in [0.4, 0.5) is 17.6 Å². The fraction of sp³-hybridized carbons (Fsp3) is 0.333. The van der Waals surface area contributed by atoms with E-state index in [-0.39, 0.29) is 8.68 Å². The zero-order valence-electron chi connectivity index (χ0n) is 12.0. The molecule has 2 rings (SSSR count). The Morgan fingerprint density at radius 3 is 2.75 bits per heavy atom. The molecule has 2 aromatic heterocycles. The van der Waals surface area contributed by atoms with Gasteiger partial charge in [-0.15, -0.1) is 5.10 Å². The van der Waals surface area contributed by atoms with Gasteiger partial charge in [-0.2, -0.15) is 13.2 Å². The number of aromatic amines is 1. The van der Waals surface area contributed by atoms with Crippen molar-refractivity contribution in [2.75, 3.05) is 6.61 Å². The molecule has 0 aliphatic rings. The summed E-state index contributed by atoms with van der Waals surface area (Å²) in [6.45, 7) is 3.58. The fourth-order valence-electron chi connectivity index (χ4n) is 1.77. The van der Waals surface area contributed by atoms with Crippen molar-refractivity contribution >= 4 is 33.7 Å². The highest BCUT2D eigenvalue weighted by molar-refractivity contribution is 7.87. The summed E-state index contributed by atoms with van der Waals surface area (Å²) in [5.74, 6) is -1.39. The Kier molecular flexibility index (Phi) is 5.66. The third-order valence-electron chi connectivity index (χ3n) is 2.77. The molecule has 0 radical (unpaired) electrons. The summed E-state index contributed by atoms with van der Waals surface area (Å²) in [4.78, 5) is 3.80. The number of thiazole rings is 1. The summed E-state index contributed by atoms with van der Waals surface area (Å²) in [7, 11) is -1.94. The lowest BCUT2D eigenvalue weighted by molar-refractivity contribution is -0.141. The largest absolute Gasteiger partial charge is 0.469 e. The molecular weight excluding hydrogens is 394 g/mol. The van der Waals surface area contributed by atoms with E-state index in [9.17, 15) is 21.8 Å². The van der Waals surface area contributed by atoms with E-state index in [1.54, 1.807) is 5.10 Å². The number of rotatable bonds is 6. The van der Waals surface area contributed by atoms with Gasteiger partial charge in [0.1, 0.15) is 22.5 Å². The molecule has 24 heavy (non-hydrogen) atoms. The molecule has 1 N–H and O–H groups in total. The number of nitrogens with one attached hydrogen (secondary N) is 1. The Labute approximate surface area is 145 Å². The first kappa shape index (κ1) is 18.9. The summed E-state index contributed by atoms with van der Waals surface area (Å²) in [6, 6.07) is 0. The molecule has 0 aliphatic heterocycles. The molecule has 0 aliphatic carbocycles. The monoisotopic (exact) mass is 403 g/mol. The van der Waals surface area contributed by atoms with E-state index >= 15 is 0 Å². The first-order valence-electron chi connectivity index (χ1n) is 6.24. The Hall–Kier alpha value is -1.46. The third-order valence-corrected chi connectivity index (χ3v) is 5.75. The molecule has 132 valence electrons. The van der Waals surface area contributed by atoms with Crippen molar-refractivity contribution in [1.29, 1.82) is 0 Å². The molecule has 0 spiro atoms. The molecule has 2 aromatic rings. The summed E-state index contributed by atoms with van der Waals surface area (Å²) in [6.07, 6.45) is -3.54. The summed E-state index contributed by atoms with van der Waals surface area (Å²) in [5, 5.41) is 4.03. The molecule has 2 unspecified atom stereocenters. The average Bonchev–Trinajstić information content (AvgIpc) is 3.09. The molecule has 0 amide bonds. The van der Waals surface area contributed by atoms with Crippen molar-refractivity contribution in [2.45, 2.75) is 22.7 Å². The Bertz CT molecular complexity index is 775. The molecule has 0 fully saturated rings. The van der Waals surface area contributed by atoms with Crippen molar-refractivity contribution < 1.29 is 26.5 Å². The minimum absolute atomic E-state index is 0.0580. The van der Waals surface area contributed by atoms with E-state index in [0.29, 0.717) is 0 Å². The van der Waals surface area contributed by atoms with Crippen molar-refractivity contribution in [2.24, 2.45) is 0 Å². The van der Waals surface area contributed by atoms with E-state index in [1.807, 2.05) is 0 Å². The van der Waals surface area contributed by atoms with E-state index in [0.717, 1.165) is 11.3 Å². The predicted octanol–water partition coefficient (Wildman–Crippen LogP) is 4.27. The first-order chi connectivity index (χ1) is 11.1. The molecule has 2 heterocycles. The van der Waals surface area contributed by atoms with Gasteiger partial charge in [-0.25, -0.2) is 9.37 Å². The molecule has 12 heteroatoms. The van der Waals surface area contributed by atoms with Crippen molar-refractivity contribution in [3.8, 4) is 5.88 Å². The molecule has 0 saturated carbocycles. The zero-order valence-corrected chi connectivity index (χ0v) is 14.4. The van der Waals surface area contributed by atoms with Gasteiger partial charge in [0.25, 0.3) is 0 Å². The van der Waals surface area contributed by atoms with Gasteiger partial charge in [0.05, 0.1) is 27.8 Å². The number of aromatic nitrogens is 3. The third kappa shape index (κ3) is 4.14. The van der Waals surface area contributed by atoms with Crippen LogP contribution in [0.5, 0.6) is 5.88 Å². The van der Waals surface area contributed by atoms with Crippen LogP contribution >= 0.6 is 22.9 Å². The number of H-pyrrole nitrogens is 1.